The van der Waals surface area contributed by atoms with Crippen LogP contribution in [0.15, 0.2) is 54.6 Å². The third kappa shape index (κ3) is 5.64. The molecule has 0 saturated heterocycles. The molecule has 1 amide bonds. The van der Waals surface area contributed by atoms with E-state index in [1.54, 1.807) is 31.2 Å². The molecule has 0 saturated carbocycles. The summed E-state index contributed by atoms with van der Waals surface area (Å²) in [5.74, 6) is -0.161. The van der Waals surface area contributed by atoms with Gasteiger partial charge in [-0.05, 0) is 30.2 Å². The lowest BCUT2D eigenvalue weighted by molar-refractivity contribution is -0.114. The highest BCUT2D eigenvalue weighted by Crippen LogP contribution is 2.49. The Kier molecular flexibility index (Phi) is 5.72. The van der Waals surface area contributed by atoms with E-state index >= 15 is 0 Å². The van der Waals surface area contributed by atoms with Crippen LogP contribution in [-0.4, -0.2) is 10.8 Å². The van der Waals surface area contributed by atoms with Crippen molar-refractivity contribution in [3.05, 3.63) is 65.7 Å². The van der Waals surface area contributed by atoms with E-state index in [1.165, 1.54) is 6.92 Å². The zero-order valence-corrected chi connectivity index (χ0v) is 14.0. The molecule has 23 heavy (non-hydrogen) atoms. The van der Waals surface area contributed by atoms with Crippen molar-refractivity contribution in [3.63, 3.8) is 0 Å². The molecule has 0 aromatic heterocycles. The molecule has 122 valence electrons. The summed E-state index contributed by atoms with van der Waals surface area (Å²) < 4.78 is 17.7. The molecule has 2 N–H and O–H groups in total. The highest BCUT2D eigenvalue weighted by molar-refractivity contribution is 7.51. The maximum absolute atomic E-state index is 12.3. The van der Waals surface area contributed by atoms with Crippen LogP contribution in [0, 0.1) is 0 Å². The summed E-state index contributed by atoms with van der Waals surface area (Å²) in [6.07, 6.45) is -0.546. The number of amides is 1. The van der Waals surface area contributed by atoms with Gasteiger partial charge < -0.3 is 14.7 Å². The van der Waals surface area contributed by atoms with Crippen LogP contribution in [0.1, 0.15) is 31.1 Å². The Balaban J connectivity index is 2.00. The van der Waals surface area contributed by atoms with Crippen molar-refractivity contribution in [2.75, 3.05) is 5.32 Å². The van der Waals surface area contributed by atoms with E-state index < -0.39 is 13.7 Å². The minimum atomic E-state index is -3.77. The molecule has 0 aliphatic rings. The standard InChI is InChI=1S/C17H20NO4P/c1-13(16-6-4-3-5-7-16)22-23(20,21)12-15-8-10-17(11-9-15)18-14(2)19/h3-11,13H,12H2,1-2H3,(H,18,19)(H,20,21)/t13-/m0/s1. The molecule has 2 aromatic carbocycles. The summed E-state index contributed by atoms with van der Waals surface area (Å²) >= 11 is 0. The molecule has 0 spiro atoms. The van der Waals surface area contributed by atoms with E-state index in [0.717, 1.165) is 5.56 Å². The normalized spacial score (nSPS) is 14.7. The molecule has 0 fully saturated rings. The van der Waals surface area contributed by atoms with Crippen molar-refractivity contribution in [2.45, 2.75) is 26.1 Å². The largest absolute Gasteiger partial charge is 0.333 e. The molecule has 2 rings (SSSR count). The number of anilines is 1. The van der Waals surface area contributed by atoms with Gasteiger partial charge >= 0.3 is 7.60 Å². The van der Waals surface area contributed by atoms with Crippen LogP contribution in [0.4, 0.5) is 5.69 Å². The predicted molar refractivity (Wildman–Crippen MR) is 90.2 cm³/mol. The lowest BCUT2D eigenvalue weighted by atomic mass is 10.1. The first-order valence-corrected chi connectivity index (χ1v) is 9.04. The average Bonchev–Trinajstić information content (AvgIpc) is 2.49. The fourth-order valence-electron chi connectivity index (χ4n) is 2.20. The van der Waals surface area contributed by atoms with Gasteiger partial charge in [0.05, 0.1) is 12.3 Å². The summed E-state index contributed by atoms with van der Waals surface area (Å²) in [6, 6.07) is 16.1. The summed E-state index contributed by atoms with van der Waals surface area (Å²) in [4.78, 5) is 21.0. The molecule has 6 heteroatoms. The monoisotopic (exact) mass is 333 g/mol. The molecule has 0 radical (unpaired) electrons. The van der Waals surface area contributed by atoms with Gasteiger partial charge in [-0.25, -0.2) is 0 Å². The highest BCUT2D eigenvalue weighted by atomic mass is 31.2. The van der Waals surface area contributed by atoms with Gasteiger partial charge in [0, 0.05) is 12.6 Å². The fraction of sp³-hybridized carbons (Fsp3) is 0.235. The zero-order chi connectivity index (χ0) is 16.9. The SMILES string of the molecule is CC(=O)Nc1ccc(CP(=O)(O)O[C@@H](C)c2ccccc2)cc1. The van der Waals surface area contributed by atoms with Crippen molar-refractivity contribution in [3.8, 4) is 0 Å². The third-order valence-corrected chi connectivity index (χ3v) is 4.66. The molecule has 0 heterocycles. The Labute approximate surface area is 135 Å². The number of carbonyl (C=O) groups is 1. The molecule has 2 aromatic rings. The first-order valence-electron chi connectivity index (χ1n) is 7.27. The first-order chi connectivity index (χ1) is 10.9. The second kappa shape index (κ2) is 7.55. The van der Waals surface area contributed by atoms with Crippen LogP contribution in [0.5, 0.6) is 0 Å². The second-order valence-electron chi connectivity index (χ2n) is 5.33. The molecule has 0 bridgehead atoms. The van der Waals surface area contributed by atoms with E-state index in [0.29, 0.717) is 11.3 Å². The van der Waals surface area contributed by atoms with Crippen LogP contribution in [0.3, 0.4) is 0 Å². The fourth-order valence-corrected chi connectivity index (χ4v) is 3.56. The molecule has 0 aliphatic heterocycles. The number of rotatable bonds is 6. The van der Waals surface area contributed by atoms with E-state index in [-0.39, 0.29) is 12.1 Å². The van der Waals surface area contributed by atoms with Gasteiger partial charge in [-0.3, -0.25) is 9.36 Å². The first kappa shape index (κ1) is 17.4. The Morgan fingerprint density at radius 2 is 1.78 bits per heavy atom. The summed E-state index contributed by atoms with van der Waals surface area (Å²) in [7, 11) is -3.77. The molecule has 5 nitrogen and oxygen atoms in total. The van der Waals surface area contributed by atoms with Crippen LogP contribution in [0.25, 0.3) is 0 Å². The van der Waals surface area contributed by atoms with Crippen molar-refractivity contribution in [2.24, 2.45) is 0 Å². The number of benzene rings is 2. The van der Waals surface area contributed by atoms with Gasteiger partial charge in [0.1, 0.15) is 0 Å². The number of hydrogen-bond acceptors (Lipinski definition) is 3. The van der Waals surface area contributed by atoms with Gasteiger partial charge in [-0.1, -0.05) is 42.5 Å². The average molecular weight is 333 g/mol. The Hall–Kier alpha value is -1.94. The number of nitrogens with one attached hydrogen (secondary N) is 1. The summed E-state index contributed by atoms with van der Waals surface area (Å²) in [5.41, 5.74) is 2.17. The zero-order valence-electron chi connectivity index (χ0n) is 13.1. The van der Waals surface area contributed by atoms with Gasteiger partial charge in [0.15, 0.2) is 0 Å². The van der Waals surface area contributed by atoms with Crippen molar-refractivity contribution in [1.29, 1.82) is 0 Å². The molecule has 1 unspecified atom stereocenters. The lowest BCUT2D eigenvalue weighted by Crippen LogP contribution is -2.05. The number of hydrogen-bond donors (Lipinski definition) is 2. The Morgan fingerprint density at radius 3 is 2.35 bits per heavy atom. The molecular weight excluding hydrogens is 313 g/mol. The van der Waals surface area contributed by atoms with Crippen LogP contribution in [-0.2, 0) is 20.0 Å². The Morgan fingerprint density at radius 1 is 1.17 bits per heavy atom. The summed E-state index contributed by atoms with van der Waals surface area (Å²) in [6.45, 7) is 3.17. The van der Waals surface area contributed by atoms with Gasteiger partial charge in [-0.2, -0.15) is 0 Å². The lowest BCUT2D eigenvalue weighted by Gasteiger charge is -2.18. The van der Waals surface area contributed by atoms with Crippen molar-refractivity contribution < 1.29 is 18.8 Å². The topological polar surface area (TPSA) is 75.6 Å². The summed E-state index contributed by atoms with van der Waals surface area (Å²) in [5, 5.41) is 2.65. The smallest absolute Gasteiger partial charge is 0.326 e. The van der Waals surface area contributed by atoms with E-state index in [1.807, 2.05) is 30.3 Å². The van der Waals surface area contributed by atoms with E-state index in [2.05, 4.69) is 5.32 Å². The number of carbonyl (C=O) groups excluding carboxylic acids is 1. The van der Waals surface area contributed by atoms with Crippen molar-refractivity contribution >= 4 is 19.2 Å². The van der Waals surface area contributed by atoms with Crippen LogP contribution in [0.2, 0.25) is 0 Å². The minimum Gasteiger partial charge on any atom is -0.326 e. The van der Waals surface area contributed by atoms with E-state index in [9.17, 15) is 14.3 Å². The van der Waals surface area contributed by atoms with Gasteiger partial charge in [0.25, 0.3) is 0 Å². The predicted octanol–water partition coefficient (Wildman–Crippen LogP) is 4.11. The van der Waals surface area contributed by atoms with E-state index in [4.69, 9.17) is 4.52 Å². The highest BCUT2D eigenvalue weighted by Gasteiger charge is 2.24. The Bertz CT molecular complexity index is 700. The molecule has 0 aliphatic carbocycles. The van der Waals surface area contributed by atoms with Crippen LogP contribution >= 0.6 is 7.60 Å². The molecular formula is C17H20NO4P. The third-order valence-electron chi connectivity index (χ3n) is 3.25. The van der Waals surface area contributed by atoms with Gasteiger partial charge in [0.2, 0.25) is 5.91 Å². The minimum absolute atomic E-state index is 0.0788. The maximum atomic E-state index is 12.3. The second-order valence-corrected chi connectivity index (χ2v) is 7.13. The van der Waals surface area contributed by atoms with Crippen molar-refractivity contribution in [1.82, 2.24) is 0 Å². The molecule has 2 atom stereocenters. The quantitative estimate of drug-likeness (QED) is 0.780. The van der Waals surface area contributed by atoms with Crippen LogP contribution < -0.4 is 5.32 Å². The maximum Gasteiger partial charge on any atom is 0.333 e. The van der Waals surface area contributed by atoms with Gasteiger partial charge in [-0.15, -0.1) is 0 Å².